The molecule has 4 nitrogen and oxygen atoms in total. The maximum absolute atomic E-state index is 13.1. The summed E-state index contributed by atoms with van der Waals surface area (Å²) in [6.07, 6.45) is 1.70. The van der Waals surface area contributed by atoms with Crippen molar-refractivity contribution in [3.63, 3.8) is 0 Å². The van der Waals surface area contributed by atoms with Crippen LogP contribution < -0.4 is 5.73 Å². The molecule has 6 heteroatoms. The molecule has 1 aromatic carbocycles. The van der Waals surface area contributed by atoms with E-state index in [1.54, 1.807) is 10.9 Å². The highest BCUT2D eigenvalue weighted by atomic mass is 19.3. The summed E-state index contributed by atoms with van der Waals surface area (Å²) in [6, 6.07) is 9.78. The Balaban J connectivity index is 1.60. The Bertz CT molecular complexity index is 614. The van der Waals surface area contributed by atoms with Gasteiger partial charge in [-0.3, -0.25) is 4.68 Å². The lowest BCUT2D eigenvalue weighted by molar-refractivity contribution is -0.0555. The number of hydrogen-bond donors (Lipinski definition) is 1. The fourth-order valence-corrected chi connectivity index (χ4v) is 2.72. The fourth-order valence-electron chi connectivity index (χ4n) is 2.72. The van der Waals surface area contributed by atoms with Gasteiger partial charge in [-0.1, -0.05) is 30.3 Å². The zero-order valence-electron chi connectivity index (χ0n) is 12.4. The highest BCUT2D eigenvalue weighted by Crippen LogP contribution is 2.27. The predicted octanol–water partition coefficient (Wildman–Crippen LogP) is 2.86. The molecule has 0 unspecified atom stereocenters. The van der Waals surface area contributed by atoms with Gasteiger partial charge in [0.2, 0.25) is 0 Å². The second-order valence-corrected chi connectivity index (χ2v) is 5.76. The molecule has 1 aliphatic heterocycles. The predicted molar refractivity (Wildman–Crippen MR) is 82.7 cm³/mol. The van der Waals surface area contributed by atoms with Crippen molar-refractivity contribution in [3.8, 4) is 11.3 Å². The minimum atomic E-state index is -2.49. The third-order valence-electron chi connectivity index (χ3n) is 4.07. The maximum Gasteiger partial charge on any atom is 0.250 e. The van der Waals surface area contributed by atoms with Crippen LogP contribution in [0.4, 0.5) is 14.5 Å². The number of likely N-dealkylation sites (tertiary alicyclic amines) is 1. The number of benzene rings is 1. The Hall–Kier alpha value is -1.95. The molecular formula is C16H20F2N4. The highest BCUT2D eigenvalue weighted by molar-refractivity contribution is 5.71. The quantitative estimate of drug-likeness (QED) is 0.945. The summed E-state index contributed by atoms with van der Waals surface area (Å²) in [7, 11) is 0. The van der Waals surface area contributed by atoms with E-state index in [-0.39, 0.29) is 12.8 Å². The van der Waals surface area contributed by atoms with Crippen LogP contribution in [0, 0.1) is 0 Å². The van der Waals surface area contributed by atoms with Crippen LogP contribution in [0.5, 0.6) is 0 Å². The summed E-state index contributed by atoms with van der Waals surface area (Å²) < 4.78 is 28.0. The molecule has 2 aromatic rings. The van der Waals surface area contributed by atoms with Gasteiger partial charge in [0, 0.05) is 44.2 Å². The maximum atomic E-state index is 13.1. The number of hydrogen-bond acceptors (Lipinski definition) is 3. The van der Waals surface area contributed by atoms with E-state index in [1.165, 1.54) is 0 Å². The zero-order valence-corrected chi connectivity index (χ0v) is 12.4. The zero-order chi connectivity index (χ0) is 15.6. The number of nitrogens with zero attached hydrogens (tertiary/aromatic N) is 3. The number of halogens is 2. The molecule has 0 amide bonds. The Labute approximate surface area is 128 Å². The van der Waals surface area contributed by atoms with Crippen LogP contribution in [0.15, 0.2) is 36.5 Å². The van der Waals surface area contributed by atoms with Crippen molar-refractivity contribution in [2.24, 2.45) is 0 Å². The van der Waals surface area contributed by atoms with Gasteiger partial charge in [-0.25, -0.2) is 8.78 Å². The number of piperidine rings is 1. The average Bonchev–Trinajstić information content (AvgIpc) is 2.88. The molecule has 0 radical (unpaired) electrons. The number of nitrogen functional groups attached to an aromatic ring is 1. The van der Waals surface area contributed by atoms with Crippen LogP contribution in [0.2, 0.25) is 0 Å². The van der Waals surface area contributed by atoms with Crippen LogP contribution >= 0.6 is 0 Å². The van der Waals surface area contributed by atoms with Gasteiger partial charge >= 0.3 is 0 Å². The molecular weight excluding hydrogens is 286 g/mol. The van der Waals surface area contributed by atoms with Gasteiger partial charge in [0.25, 0.3) is 5.92 Å². The van der Waals surface area contributed by atoms with E-state index in [9.17, 15) is 8.78 Å². The first-order valence-electron chi connectivity index (χ1n) is 7.52. The molecule has 1 saturated heterocycles. The van der Waals surface area contributed by atoms with Gasteiger partial charge in [-0.2, -0.15) is 5.10 Å². The molecule has 2 N–H and O–H groups in total. The number of nitrogens with two attached hydrogens (primary N) is 1. The third-order valence-corrected chi connectivity index (χ3v) is 4.07. The highest BCUT2D eigenvalue weighted by Gasteiger charge is 2.33. The molecule has 0 saturated carbocycles. The average molecular weight is 306 g/mol. The van der Waals surface area contributed by atoms with E-state index < -0.39 is 5.92 Å². The van der Waals surface area contributed by atoms with E-state index in [4.69, 9.17) is 5.73 Å². The largest absolute Gasteiger partial charge is 0.396 e. The van der Waals surface area contributed by atoms with Crippen molar-refractivity contribution >= 4 is 5.69 Å². The van der Waals surface area contributed by atoms with Gasteiger partial charge < -0.3 is 10.6 Å². The second-order valence-electron chi connectivity index (χ2n) is 5.76. The molecule has 0 atom stereocenters. The molecule has 1 aromatic heterocycles. The normalized spacial score (nSPS) is 18.5. The Morgan fingerprint density at radius 1 is 1.09 bits per heavy atom. The minimum absolute atomic E-state index is 0.0521. The van der Waals surface area contributed by atoms with E-state index in [0.29, 0.717) is 31.9 Å². The molecule has 2 heterocycles. The molecule has 118 valence electrons. The minimum Gasteiger partial charge on any atom is -0.396 e. The number of rotatable bonds is 4. The van der Waals surface area contributed by atoms with Gasteiger partial charge in [0.1, 0.15) is 5.69 Å². The lowest BCUT2D eigenvalue weighted by atomic mass is 10.1. The van der Waals surface area contributed by atoms with Crippen molar-refractivity contribution in [2.75, 3.05) is 25.4 Å². The van der Waals surface area contributed by atoms with E-state index >= 15 is 0 Å². The molecule has 1 aliphatic rings. The molecule has 0 aliphatic carbocycles. The van der Waals surface area contributed by atoms with Crippen molar-refractivity contribution in [1.82, 2.24) is 14.7 Å². The Morgan fingerprint density at radius 2 is 1.77 bits per heavy atom. The Morgan fingerprint density at radius 3 is 2.45 bits per heavy atom. The first-order valence-corrected chi connectivity index (χ1v) is 7.52. The SMILES string of the molecule is Nc1cn(CCN2CCC(F)(F)CC2)nc1-c1ccccc1. The third kappa shape index (κ3) is 3.44. The van der Waals surface area contributed by atoms with E-state index in [0.717, 1.165) is 11.3 Å². The molecule has 0 bridgehead atoms. The number of aromatic nitrogens is 2. The molecule has 1 fully saturated rings. The molecule has 22 heavy (non-hydrogen) atoms. The summed E-state index contributed by atoms with van der Waals surface area (Å²) >= 11 is 0. The lowest BCUT2D eigenvalue weighted by Crippen LogP contribution is -2.40. The van der Waals surface area contributed by atoms with Crippen molar-refractivity contribution in [1.29, 1.82) is 0 Å². The number of alkyl halides is 2. The Kier molecular flexibility index (Phi) is 4.11. The summed E-state index contributed by atoms with van der Waals surface area (Å²) in [6.45, 7) is 2.25. The lowest BCUT2D eigenvalue weighted by Gasteiger charge is -2.31. The van der Waals surface area contributed by atoms with Crippen molar-refractivity contribution in [2.45, 2.75) is 25.3 Å². The van der Waals surface area contributed by atoms with Crippen LogP contribution in [-0.4, -0.2) is 40.2 Å². The first kappa shape index (κ1) is 15.0. The van der Waals surface area contributed by atoms with E-state index in [2.05, 4.69) is 10.00 Å². The molecule has 0 spiro atoms. The van der Waals surface area contributed by atoms with Crippen LogP contribution in [-0.2, 0) is 6.54 Å². The van der Waals surface area contributed by atoms with Crippen molar-refractivity contribution in [3.05, 3.63) is 36.5 Å². The standard InChI is InChI=1S/C16H20F2N4/c17-16(18)6-8-21(9-7-16)10-11-22-12-14(19)15(20-22)13-4-2-1-3-5-13/h1-5,12H,6-11,19H2. The summed E-state index contributed by atoms with van der Waals surface area (Å²) in [4.78, 5) is 2.05. The topological polar surface area (TPSA) is 47.1 Å². The van der Waals surface area contributed by atoms with Gasteiger partial charge in [-0.15, -0.1) is 0 Å². The van der Waals surface area contributed by atoms with Gasteiger partial charge in [0.15, 0.2) is 0 Å². The van der Waals surface area contributed by atoms with Crippen LogP contribution in [0.3, 0.4) is 0 Å². The van der Waals surface area contributed by atoms with E-state index in [1.807, 2.05) is 30.3 Å². The smallest absolute Gasteiger partial charge is 0.250 e. The fraction of sp³-hybridized carbons (Fsp3) is 0.438. The first-order chi connectivity index (χ1) is 10.5. The van der Waals surface area contributed by atoms with Crippen molar-refractivity contribution < 1.29 is 8.78 Å². The number of anilines is 1. The van der Waals surface area contributed by atoms with Crippen LogP contribution in [0.25, 0.3) is 11.3 Å². The summed E-state index contributed by atoms with van der Waals surface area (Å²) in [5.74, 6) is -2.49. The monoisotopic (exact) mass is 306 g/mol. The second kappa shape index (κ2) is 6.04. The van der Waals surface area contributed by atoms with Gasteiger partial charge in [-0.05, 0) is 0 Å². The van der Waals surface area contributed by atoms with Crippen LogP contribution in [0.1, 0.15) is 12.8 Å². The summed E-state index contributed by atoms with van der Waals surface area (Å²) in [5.41, 5.74) is 8.41. The van der Waals surface area contributed by atoms with Gasteiger partial charge in [0.05, 0.1) is 12.2 Å². The summed E-state index contributed by atoms with van der Waals surface area (Å²) in [5, 5.41) is 4.51. The molecule has 3 rings (SSSR count).